The van der Waals surface area contributed by atoms with Crippen molar-refractivity contribution in [1.29, 1.82) is 0 Å². The zero-order valence-electron chi connectivity index (χ0n) is 10.7. The third kappa shape index (κ3) is 4.27. The molecule has 0 atom stereocenters. The molecule has 1 aliphatic heterocycles. The van der Waals surface area contributed by atoms with Crippen LogP contribution in [0.2, 0.25) is 10.0 Å². The largest absolute Gasteiger partial charge is 0.335 e. The number of urea groups is 1. The summed E-state index contributed by atoms with van der Waals surface area (Å²) in [5.41, 5.74) is 0.639. The van der Waals surface area contributed by atoms with Gasteiger partial charge in [0.15, 0.2) is 0 Å². The summed E-state index contributed by atoms with van der Waals surface area (Å²) in [7, 11) is 2.09. The van der Waals surface area contributed by atoms with Crippen LogP contribution in [-0.4, -0.2) is 37.1 Å². The minimum Gasteiger partial charge on any atom is -0.335 e. The Balaban J connectivity index is 1.85. The first-order valence-corrected chi connectivity index (χ1v) is 7.01. The average Bonchev–Trinajstić information content (AvgIpc) is 2.37. The molecule has 1 aliphatic rings. The van der Waals surface area contributed by atoms with E-state index >= 15 is 0 Å². The van der Waals surface area contributed by atoms with Crippen LogP contribution < -0.4 is 10.6 Å². The van der Waals surface area contributed by atoms with Crippen LogP contribution in [0.4, 0.5) is 10.5 Å². The summed E-state index contributed by atoms with van der Waals surface area (Å²) in [6.07, 6.45) is 1.95. The van der Waals surface area contributed by atoms with E-state index in [2.05, 4.69) is 22.6 Å². The van der Waals surface area contributed by atoms with Crippen molar-refractivity contribution in [3.05, 3.63) is 28.2 Å². The summed E-state index contributed by atoms with van der Waals surface area (Å²) in [5.74, 6) is 0. The van der Waals surface area contributed by atoms with Crippen molar-refractivity contribution >= 4 is 34.9 Å². The summed E-state index contributed by atoms with van der Waals surface area (Å²) >= 11 is 11.7. The number of hydrogen-bond acceptors (Lipinski definition) is 2. The number of nitrogens with one attached hydrogen (secondary N) is 2. The molecule has 2 amide bonds. The highest BCUT2D eigenvalue weighted by molar-refractivity contribution is 6.42. The molecule has 0 spiro atoms. The van der Waals surface area contributed by atoms with Crippen LogP contribution in [0.25, 0.3) is 0 Å². The Morgan fingerprint density at radius 3 is 2.58 bits per heavy atom. The lowest BCUT2D eigenvalue weighted by Crippen LogP contribution is -2.44. The van der Waals surface area contributed by atoms with Crippen molar-refractivity contribution in [3.8, 4) is 0 Å². The van der Waals surface area contributed by atoms with Crippen LogP contribution in [0.1, 0.15) is 12.8 Å². The molecule has 1 saturated heterocycles. The van der Waals surface area contributed by atoms with Gasteiger partial charge in [0.05, 0.1) is 10.0 Å². The molecule has 1 heterocycles. The van der Waals surface area contributed by atoms with Crippen molar-refractivity contribution in [2.75, 3.05) is 25.5 Å². The molecule has 1 aromatic carbocycles. The second kappa shape index (κ2) is 6.46. The van der Waals surface area contributed by atoms with E-state index in [1.54, 1.807) is 18.2 Å². The first-order valence-electron chi connectivity index (χ1n) is 6.25. The van der Waals surface area contributed by atoms with E-state index in [0.29, 0.717) is 15.7 Å². The van der Waals surface area contributed by atoms with Gasteiger partial charge in [0.1, 0.15) is 0 Å². The van der Waals surface area contributed by atoms with Gasteiger partial charge in [-0.15, -0.1) is 0 Å². The molecule has 0 saturated carbocycles. The zero-order chi connectivity index (χ0) is 13.8. The van der Waals surface area contributed by atoms with Gasteiger partial charge in [-0.05, 0) is 51.2 Å². The number of rotatable bonds is 2. The molecule has 104 valence electrons. The monoisotopic (exact) mass is 301 g/mol. The van der Waals surface area contributed by atoms with E-state index in [1.165, 1.54) is 0 Å². The number of hydrogen-bond donors (Lipinski definition) is 2. The maximum Gasteiger partial charge on any atom is 0.319 e. The van der Waals surface area contributed by atoms with Gasteiger partial charge in [0.25, 0.3) is 0 Å². The maximum absolute atomic E-state index is 11.8. The van der Waals surface area contributed by atoms with Crippen molar-refractivity contribution in [2.45, 2.75) is 18.9 Å². The van der Waals surface area contributed by atoms with Gasteiger partial charge in [0.2, 0.25) is 0 Å². The Morgan fingerprint density at radius 1 is 1.26 bits per heavy atom. The van der Waals surface area contributed by atoms with Gasteiger partial charge in [-0.2, -0.15) is 0 Å². The molecule has 0 bridgehead atoms. The topological polar surface area (TPSA) is 44.4 Å². The Hall–Kier alpha value is -0.970. The van der Waals surface area contributed by atoms with Crippen LogP contribution >= 0.6 is 23.2 Å². The summed E-state index contributed by atoms with van der Waals surface area (Å²) in [4.78, 5) is 14.1. The van der Waals surface area contributed by atoms with Gasteiger partial charge in [-0.1, -0.05) is 23.2 Å². The smallest absolute Gasteiger partial charge is 0.319 e. The molecular weight excluding hydrogens is 285 g/mol. The van der Waals surface area contributed by atoms with Crippen molar-refractivity contribution in [3.63, 3.8) is 0 Å². The van der Waals surface area contributed by atoms with Crippen LogP contribution in [0.5, 0.6) is 0 Å². The molecule has 6 heteroatoms. The molecule has 0 aromatic heterocycles. The Kier molecular flexibility index (Phi) is 4.91. The Morgan fingerprint density at radius 2 is 1.95 bits per heavy atom. The molecule has 0 aliphatic carbocycles. The Bertz CT molecular complexity index is 459. The van der Waals surface area contributed by atoms with E-state index in [-0.39, 0.29) is 12.1 Å². The number of benzene rings is 1. The number of amides is 2. The zero-order valence-corrected chi connectivity index (χ0v) is 12.3. The predicted molar refractivity (Wildman–Crippen MR) is 79.1 cm³/mol. The summed E-state index contributed by atoms with van der Waals surface area (Å²) < 4.78 is 0. The lowest BCUT2D eigenvalue weighted by Gasteiger charge is -2.29. The quantitative estimate of drug-likeness (QED) is 0.881. The van der Waals surface area contributed by atoms with E-state index in [9.17, 15) is 4.79 Å². The Labute approximate surface area is 123 Å². The highest BCUT2D eigenvalue weighted by Gasteiger charge is 2.18. The standard InChI is InChI=1S/C13H17Cl2N3O/c1-18-6-4-9(5-7-18)16-13(19)17-10-2-3-11(14)12(15)8-10/h2-3,8-9H,4-7H2,1H3,(H2,16,17,19). The second-order valence-corrected chi connectivity index (χ2v) is 5.62. The molecule has 1 fully saturated rings. The molecule has 1 aromatic rings. The van der Waals surface area contributed by atoms with E-state index in [1.807, 2.05) is 0 Å². The first-order chi connectivity index (χ1) is 9.04. The summed E-state index contributed by atoms with van der Waals surface area (Å²) in [6, 6.07) is 5.06. The summed E-state index contributed by atoms with van der Waals surface area (Å²) in [5, 5.41) is 6.64. The van der Waals surface area contributed by atoms with E-state index in [4.69, 9.17) is 23.2 Å². The third-order valence-electron chi connectivity index (χ3n) is 3.23. The number of piperidine rings is 1. The number of likely N-dealkylation sites (tertiary alicyclic amines) is 1. The number of halogens is 2. The highest BCUT2D eigenvalue weighted by atomic mass is 35.5. The first kappa shape index (κ1) is 14.4. The second-order valence-electron chi connectivity index (χ2n) is 4.80. The molecule has 2 N–H and O–H groups in total. The molecule has 0 radical (unpaired) electrons. The van der Waals surface area contributed by atoms with Gasteiger partial charge in [-0.3, -0.25) is 0 Å². The summed E-state index contributed by atoms with van der Waals surface area (Å²) in [6.45, 7) is 2.02. The third-order valence-corrected chi connectivity index (χ3v) is 3.97. The van der Waals surface area contributed by atoms with Crippen molar-refractivity contribution in [1.82, 2.24) is 10.2 Å². The number of anilines is 1. The van der Waals surface area contributed by atoms with Gasteiger partial charge < -0.3 is 15.5 Å². The van der Waals surface area contributed by atoms with Gasteiger partial charge >= 0.3 is 6.03 Å². The molecule has 2 rings (SSSR count). The van der Waals surface area contributed by atoms with Crippen LogP contribution in [0.15, 0.2) is 18.2 Å². The van der Waals surface area contributed by atoms with Gasteiger partial charge in [-0.25, -0.2) is 4.79 Å². The molecule has 0 unspecified atom stereocenters. The van der Waals surface area contributed by atoms with Crippen LogP contribution in [-0.2, 0) is 0 Å². The normalized spacial score (nSPS) is 17.2. The van der Waals surface area contributed by atoms with Gasteiger partial charge in [0, 0.05) is 11.7 Å². The van der Waals surface area contributed by atoms with E-state index < -0.39 is 0 Å². The number of carbonyl (C=O) groups is 1. The minimum absolute atomic E-state index is 0.201. The fourth-order valence-electron chi connectivity index (χ4n) is 2.08. The maximum atomic E-state index is 11.8. The lowest BCUT2D eigenvalue weighted by atomic mass is 10.1. The van der Waals surface area contributed by atoms with Crippen molar-refractivity contribution in [2.24, 2.45) is 0 Å². The van der Waals surface area contributed by atoms with E-state index in [0.717, 1.165) is 25.9 Å². The SMILES string of the molecule is CN1CCC(NC(=O)Nc2ccc(Cl)c(Cl)c2)CC1. The average molecular weight is 302 g/mol. The number of nitrogens with zero attached hydrogens (tertiary/aromatic N) is 1. The molecule has 4 nitrogen and oxygen atoms in total. The minimum atomic E-state index is -0.201. The van der Waals surface area contributed by atoms with Crippen molar-refractivity contribution < 1.29 is 4.79 Å². The predicted octanol–water partition coefficient (Wildman–Crippen LogP) is 3.21. The molecular formula is C13H17Cl2N3O. The van der Waals surface area contributed by atoms with Crippen LogP contribution in [0, 0.1) is 0 Å². The fourth-order valence-corrected chi connectivity index (χ4v) is 2.38. The number of carbonyl (C=O) groups excluding carboxylic acids is 1. The van der Waals surface area contributed by atoms with Crippen LogP contribution in [0.3, 0.4) is 0 Å². The fraction of sp³-hybridized carbons (Fsp3) is 0.462. The lowest BCUT2D eigenvalue weighted by molar-refractivity contribution is 0.221. The molecule has 19 heavy (non-hydrogen) atoms. The highest BCUT2D eigenvalue weighted by Crippen LogP contribution is 2.24.